The first-order chi connectivity index (χ1) is 19.2. The fraction of sp³-hybridized carbons (Fsp3) is 0.233. The number of nitrogens with one attached hydrogen (secondary N) is 3. The first-order valence-corrected chi connectivity index (χ1v) is 13.0. The van der Waals surface area contributed by atoms with Crippen LogP contribution in [0.2, 0.25) is 0 Å². The molecule has 0 aliphatic carbocycles. The molecule has 10 nitrogen and oxygen atoms in total. The van der Waals surface area contributed by atoms with Gasteiger partial charge < -0.3 is 20.9 Å². The molecule has 204 valence electrons. The van der Waals surface area contributed by atoms with Crippen molar-refractivity contribution in [3.8, 4) is 0 Å². The third-order valence-corrected chi connectivity index (χ3v) is 7.17. The Balaban J connectivity index is 1.55. The minimum atomic E-state index is -0.481. The lowest BCUT2D eigenvalue weighted by atomic mass is 9.97. The number of nitro benzene ring substituents is 1. The van der Waals surface area contributed by atoms with Crippen LogP contribution in [-0.2, 0) is 33.8 Å². The Labute approximate surface area is 231 Å². The Hall–Kier alpha value is -4.99. The van der Waals surface area contributed by atoms with E-state index in [-0.39, 0.29) is 23.4 Å². The van der Waals surface area contributed by atoms with Gasteiger partial charge >= 0.3 is 0 Å². The van der Waals surface area contributed by atoms with Crippen molar-refractivity contribution in [3.05, 3.63) is 98.6 Å². The molecule has 2 aliphatic heterocycles. The fourth-order valence-corrected chi connectivity index (χ4v) is 5.06. The molecule has 3 aromatic rings. The first-order valence-electron chi connectivity index (χ1n) is 13.0. The fourth-order valence-electron chi connectivity index (χ4n) is 5.06. The van der Waals surface area contributed by atoms with E-state index in [1.807, 2.05) is 47.4 Å². The summed E-state index contributed by atoms with van der Waals surface area (Å²) in [6.07, 6.45) is 1.37. The maximum atomic E-state index is 13.3. The highest BCUT2D eigenvalue weighted by Gasteiger charge is 2.30. The third-order valence-electron chi connectivity index (χ3n) is 7.17. The van der Waals surface area contributed by atoms with E-state index in [0.29, 0.717) is 48.6 Å². The van der Waals surface area contributed by atoms with Crippen LogP contribution in [0.5, 0.6) is 0 Å². The summed E-state index contributed by atoms with van der Waals surface area (Å²) in [5.74, 6) is -0.407. The van der Waals surface area contributed by atoms with Crippen LogP contribution in [0.15, 0.2) is 60.7 Å². The second kappa shape index (κ2) is 11.0. The maximum Gasteiger partial charge on any atom is 0.270 e. The number of carbonyl (C=O) groups is 3. The van der Waals surface area contributed by atoms with E-state index in [9.17, 15) is 24.5 Å². The molecule has 5 rings (SSSR count). The SMILES string of the molecule is CC(=O)NCCc1ccc(C(Nc2ccc3c(c2)CCN(C(C)=O)C3)=C2C(=O)Nc3ccc([N+](=O)[O-])cc32)cc1. The summed E-state index contributed by atoms with van der Waals surface area (Å²) in [5.41, 5.74) is 6.37. The second-order valence-electron chi connectivity index (χ2n) is 9.92. The highest BCUT2D eigenvalue weighted by atomic mass is 16.6. The van der Waals surface area contributed by atoms with Crippen molar-refractivity contribution in [2.45, 2.75) is 33.2 Å². The van der Waals surface area contributed by atoms with Crippen molar-refractivity contribution in [1.29, 1.82) is 0 Å². The third kappa shape index (κ3) is 5.56. The number of amides is 3. The monoisotopic (exact) mass is 539 g/mol. The molecule has 0 fully saturated rings. The number of carbonyl (C=O) groups excluding carboxylic acids is 3. The highest BCUT2D eigenvalue weighted by Crippen LogP contribution is 2.39. The summed E-state index contributed by atoms with van der Waals surface area (Å²) < 4.78 is 0. The molecule has 0 radical (unpaired) electrons. The van der Waals surface area contributed by atoms with Crippen LogP contribution in [0.3, 0.4) is 0 Å². The molecule has 2 aliphatic rings. The summed E-state index contributed by atoms with van der Waals surface area (Å²) >= 11 is 0. The Morgan fingerprint density at radius 1 is 1.02 bits per heavy atom. The van der Waals surface area contributed by atoms with Gasteiger partial charge in [0.2, 0.25) is 11.8 Å². The molecule has 3 aromatic carbocycles. The number of nitrogens with zero attached hydrogens (tertiary/aromatic N) is 2. The Kier molecular flexibility index (Phi) is 7.33. The zero-order valence-corrected chi connectivity index (χ0v) is 22.2. The molecule has 0 saturated carbocycles. The van der Waals surface area contributed by atoms with Gasteiger partial charge in [0.15, 0.2) is 0 Å². The molecule has 3 amide bonds. The van der Waals surface area contributed by atoms with Crippen LogP contribution >= 0.6 is 0 Å². The molecule has 0 unspecified atom stereocenters. The number of nitro groups is 1. The molecular formula is C30H29N5O5. The summed E-state index contributed by atoms with van der Waals surface area (Å²) in [6, 6.07) is 17.9. The quantitative estimate of drug-likeness (QED) is 0.235. The largest absolute Gasteiger partial charge is 0.356 e. The van der Waals surface area contributed by atoms with Crippen molar-refractivity contribution in [1.82, 2.24) is 10.2 Å². The summed E-state index contributed by atoms with van der Waals surface area (Å²) in [4.78, 5) is 49.2. The van der Waals surface area contributed by atoms with Crippen molar-refractivity contribution >= 4 is 46.1 Å². The lowest BCUT2D eigenvalue weighted by Crippen LogP contribution is -2.34. The van der Waals surface area contributed by atoms with E-state index in [4.69, 9.17) is 0 Å². The lowest BCUT2D eigenvalue weighted by molar-refractivity contribution is -0.384. The van der Waals surface area contributed by atoms with Gasteiger partial charge in [0.1, 0.15) is 0 Å². The van der Waals surface area contributed by atoms with Crippen LogP contribution in [0, 0.1) is 10.1 Å². The van der Waals surface area contributed by atoms with Gasteiger partial charge in [-0.25, -0.2) is 0 Å². The first kappa shape index (κ1) is 26.6. The molecule has 0 aromatic heterocycles. The standard InChI is InChI=1S/C30H29N5O5/c1-18(36)31-13-11-20-3-5-21(6-4-20)29(28-26-16-25(35(39)40)9-10-27(26)33-30(28)38)32-24-8-7-23-17-34(19(2)37)14-12-22(23)15-24/h3-10,15-16,32H,11-14,17H2,1-2H3,(H,31,36)(H,33,38). The minimum Gasteiger partial charge on any atom is -0.356 e. The van der Waals surface area contributed by atoms with Crippen molar-refractivity contribution in [2.75, 3.05) is 23.7 Å². The normalized spacial score (nSPS) is 15.1. The summed E-state index contributed by atoms with van der Waals surface area (Å²) in [5, 5.41) is 20.5. The summed E-state index contributed by atoms with van der Waals surface area (Å²) in [6.45, 7) is 4.75. The van der Waals surface area contributed by atoms with Gasteiger partial charge in [0, 0.05) is 62.6 Å². The van der Waals surface area contributed by atoms with Crippen LogP contribution in [-0.4, -0.2) is 40.6 Å². The zero-order chi connectivity index (χ0) is 28.4. The highest BCUT2D eigenvalue weighted by molar-refractivity contribution is 6.37. The van der Waals surface area contributed by atoms with Crippen LogP contribution < -0.4 is 16.0 Å². The minimum absolute atomic E-state index is 0.0420. The number of hydrogen-bond acceptors (Lipinski definition) is 6. The van der Waals surface area contributed by atoms with E-state index in [2.05, 4.69) is 16.0 Å². The molecular weight excluding hydrogens is 510 g/mol. The van der Waals surface area contributed by atoms with Crippen LogP contribution in [0.25, 0.3) is 11.3 Å². The van der Waals surface area contributed by atoms with Crippen LogP contribution in [0.1, 0.15) is 41.7 Å². The Morgan fingerprint density at radius 2 is 1.80 bits per heavy atom. The number of rotatable bonds is 7. The van der Waals surface area contributed by atoms with Gasteiger partial charge in [0.25, 0.3) is 11.6 Å². The van der Waals surface area contributed by atoms with E-state index >= 15 is 0 Å². The van der Waals surface area contributed by atoms with Crippen molar-refractivity contribution < 1.29 is 19.3 Å². The molecule has 0 spiro atoms. The number of fused-ring (bicyclic) bond motifs is 2. The van der Waals surface area contributed by atoms with Gasteiger partial charge in [0.05, 0.1) is 16.2 Å². The molecule has 0 bridgehead atoms. The van der Waals surface area contributed by atoms with Crippen LogP contribution in [0.4, 0.5) is 17.1 Å². The lowest BCUT2D eigenvalue weighted by Gasteiger charge is -2.28. The van der Waals surface area contributed by atoms with E-state index in [1.54, 1.807) is 13.0 Å². The second-order valence-corrected chi connectivity index (χ2v) is 9.92. The molecule has 10 heteroatoms. The molecule has 0 saturated heterocycles. The van der Waals surface area contributed by atoms with E-state index in [0.717, 1.165) is 34.4 Å². The van der Waals surface area contributed by atoms with E-state index in [1.165, 1.54) is 19.1 Å². The van der Waals surface area contributed by atoms with Crippen molar-refractivity contribution in [3.63, 3.8) is 0 Å². The number of benzene rings is 3. The van der Waals surface area contributed by atoms with Gasteiger partial charge in [-0.1, -0.05) is 30.3 Å². The Bertz CT molecular complexity index is 1560. The summed E-state index contributed by atoms with van der Waals surface area (Å²) in [7, 11) is 0. The average Bonchev–Trinajstić information content (AvgIpc) is 3.26. The molecule has 40 heavy (non-hydrogen) atoms. The predicted octanol–water partition coefficient (Wildman–Crippen LogP) is 4.11. The average molecular weight is 540 g/mol. The molecule has 2 heterocycles. The maximum absolute atomic E-state index is 13.3. The number of anilines is 2. The number of non-ortho nitro benzene ring substituents is 1. The van der Waals surface area contributed by atoms with Gasteiger partial charge in [-0.2, -0.15) is 0 Å². The topological polar surface area (TPSA) is 134 Å². The van der Waals surface area contributed by atoms with Gasteiger partial charge in [-0.3, -0.25) is 24.5 Å². The zero-order valence-electron chi connectivity index (χ0n) is 22.2. The molecule has 0 atom stereocenters. The van der Waals surface area contributed by atoms with Gasteiger partial charge in [-0.05, 0) is 53.3 Å². The smallest absolute Gasteiger partial charge is 0.270 e. The number of hydrogen-bond donors (Lipinski definition) is 3. The van der Waals surface area contributed by atoms with E-state index < -0.39 is 4.92 Å². The Morgan fingerprint density at radius 3 is 2.50 bits per heavy atom. The van der Waals surface area contributed by atoms with Crippen molar-refractivity contribution in [2.24, 2.45) is 0 Å². The predicted molar refractivity (Wildman–Crippen MR) is 152 cm³/mol. The van der Waals surface area contributed by atoms with Gasteiger partial charge in [-0.15, -0.1) is 0 Å². The molecule has 3 N–H and O–H groups in total.